The van der Waals surface area contributed by atoms with Crippen LogP contribution in [0.2, 0.25) is 0 Å². The fraction of sp³-hybridized carbons (Fsp3) is 0.667. The van der Waals surface area contributed by atoms with Crippen molar-refractivity contribution >= 4 is 0 Å². The Morgan fingerprint density at radius 3 is 2.81 bits per heavy atom. The van der Waals surface area contributed by atoms with Gasteiger partial charge in [0.2, 0.25) is 0 Å². The van der Waals surface area contributed by atoms with Crippen molar-refractivity contribution in [3.05, 3.63) is 29.8 Å². The largest absolute Gasteiger partial charge is 0.492 e. The normalized spacial score (nSPS) is 22.7. The van der Waals surface area contributed by atoms with Gasteiger partial charge in [-0.25, -0.2) is 0 Å². The highest BCUT2D eigenvalue weighted by molar-refractivity contribution is 5.38. The van der Waals surface area contributed by atoms with E-state index in [1.807, 2.05) is 0 Å². The highest BCUT2D eigenvalue weighted by Crippen LogP contribution is 2.34. The fourth-order valence-corrected chi connectivity index (χ4v) is 3.03. The van der Waals surface area contributed by atoms with Crippen molar-refractivity contribution in [3.63, 3.8) is 0 Å². The lowest BCUT2D eigenvalue weighted by Crippen LogP contribution is -2.50. The first-order chi connectivity index (χ1) is 10.2. The molecule has 0 aromatic heterocycles. The second-order valence-electron chi connectivity index (χ2n) is 6.30. The van der Waals surface area contributed by atoms with Gasteiger partial charge in [0.15, 0.2) is 0 Å². The molecule has 1 aromatic carbocycles. The van der Waals surface area contributed by atoms with Crippen molar-refractivity contribution in [1.29, 1.82) is 0 Å². The molecule has 0 amide bonds. The number of hydrogen-bond acceptors (Lipinski definition) is 3. The minimum atomic E-state index is 0.365. The third kappa shape index (κ3) is 3.98. The van der Waals surface area contributed by atoms with E-state index in [0.29, 0.717) is 12.1 Å². The van der Waals surface area contributed by atoms with Crippen LogP contribution in [-0.2, 0) is 0 Å². The summed E-state index contributed by atoms with van der Waals surface area (Å²) in [4.78, 5) is 2.47. The van der Waals surface area contributed by atoms with Crippen LogP contribution in [0.15, 0.2) is 24.3 Å². The minimum Gasteiger partial charge on any atom is -0.492 e. The predicted molar refractivity (Wildman–Crippen MR) is 88.8 cm³/mol. The molecule has 3 atom stereocenters. The molecule has 1 N–H and O–H groups in total. The van der Waals surface area contributed by atoms with E-state index in [1.165, 1.54) is 12.0 Å². The highest BCUT2D eigenvalue weighted by Gasteiger charge is 2.33. The molecule has 0 bridgehead atoms. The predicted octanol–water partition coefficient (Wildman–Crippen LogP) is 3.47. The van der Waals surface area contributed by atoms with Crippen LogP contribution in [0.5, 0.6) is 5.75 Å². The average Bonchev–Trinajstić information content (AvgIpc) is 2.52. The molecule has 2 rings (SSSR count). The van der Waals surface area contributed by atoms with Gasteiger partial charge in [0.1, 0.15) is 12.4 Å². The number of ether oxygens (including phenoxy) is 1. The Labute approximate surface area is 129 Å². The van der Waals surface area contributed by atoms with Gasteiger partial charge in [0.25, 0.3) is 0 Å². The van der Waals surface area contributed by atoms with Crippen LogP contribution in [0, 0.1) is 5.92 Å². The molecule has 3 heteroatoms. The Hall–Kier alpha value is -1.06. The number of nitrogens with one attached hydrogen (secondary N) is 1. The van der Waals surface area contributed by atoms with Gasteiger partial charge in [-0.15, -0.1) is 0 Å². The molecule has 0 saturated carbocycles. The molecular weight excluding hydrogens is 260 g/mol. The van der Waals surface area contributed by atoms with Crippen LogP contribution >= 0.6 is 0 Å². The third-order valence-electron chi connectivity index (χ3n) is 4.53. The Kier molecular flexibility index (Phi) is 6.07. The molecule has 0 saturated heterocycles. The van der Waals surface area contributed by atoms with E-state index < -0.39 is 0 Å². The van der Waals surface area contributed by atoms with Crippen molar-refractivity contribution in [2.24, 2.45) is 5.92 Å². The summed E-state index contributed by atoms with van der Waals surface area (Å²) < 4.78 is 6.00. The maximum atomic E-state index is 6.00. The molecule has 21 heavy (non-hydrogen) atoms. The van der Waals surface area contributed by atoms with Gasteiger partial charge >= 0.3 is 0 Å². The number of benzene rings is 1. The van der Waals surface area contributed by atoms with Crippen LogP contribution in [0.4, 0.5) is 0 Å². The summed E-state index contributed by atoms with van der Waals surface area (Å²) in [5.74, 6) is 1.76. The number of rotatable bonds is 7. The summed E-state index contributed by atoms with van der Waals surface area (Å²) in [6, 6.07) is 9.22. The van der Waals surface area contributed by atoms with Crippen molar-refractivity contribution in [1.82, 2.24) is 10.2 Å². The van der Waals surface area contributed by atoms with Gasteiger partial charge in [-0.3, -0.25) is 4.90 Å². The molecule has 0 aliphatic carbocycles. The number of likely N-dealkylation sites (N-methyl/N-ethyl adjacent to an activating group) is 1. The molecule has 3 nitrogen and oxygen atoms in total. The lowest BCUT2D eigenvalue weighted by Gasteiger charge is -2.40. The van der Waals surface area contributed by atoms with Gasteiger partial charge in [0.05, 0.1) is 12.1 Å². The van der Waals surface area contributed by atoms with Crippen LogP contribution in [0.25, 0.3) is 0 Å². The maximum absolute atomic E-state index is 6.00. The van der Waals surface area contributed by atoms with Gasteiger partial charge < -0.3 is 10.1 Å². The minimum absolute atomic E-state index is 0.365. The first-order valence-electron chi connectivity index (χ1n) is 8.32. The zero-order valence-electron chi connectivity index (χ0n) is 13.9. The third-order valence-corrected chi connectivity index (χ3v) is 4.53. The number of para-hydroxylation sites is 1. The SMILES string of the molecule is CCCNC1c2ccccc2OCC1N(C)CC(C)CC. The van der Waals surface area contributed by atoms with E-state index in [0.717, 1.165) is 37.8 Å². The van der Waals surface area contributed by atoms with E-state index in [2.05, 4.69) is 62.3 Å². The lowest BCUT2D eigenvalue weighted by molar-refractivity contribution is 0.0949. The molecule has 0 spiro atoms. The number of nitrogens with zero attached hydrogens (tertiary/aromatic N) is 1. The summed E-state index contributed by atoms with van der Waals surface area (Å²) in [5, 5.41) is 3.73. The first-order valence-corrected chi connectivity index (χ1v) is 8.32. The Balaban J connectivity index is 2.16. The van der Waals surface area contributed by atoms with Crippen molar-refractivity contribution in [2.45, 2.75) is 45.7 Å². The maximum Gasteiger partial charge on any atom is 0.124 e. The van der Waals surface area contributed by atoms with Crippen LogP contribution in [0.1, 0.15) is 45.2 Å². The fourth-order valence-electron chi connectivity index (χ4n) is 3.03. The van der Waals surface area contributed by atoms with Crippen molar-refractivity contribution in [3.8, 4) is 5.75 Å². The first kappa shape index (κ1) is 16.3. The smallest absolute Gasteiger partial charge is 0.124 e. The standard InChI is InChI=1S/C18H30N2O/c1-5-11-19-18-15-9-7-8-10-17(15)21-13-16(18)20(4)12-14(3)6-2/h7-10,14,16,18-19H,5-6,11-13H2,1-4H3. The van der Waals surface area contributed by atoms with Gasteiger partial charge in [0, 0.05) is 12.1 Å². The topological polar surface area (TPSA) is 24.5 Å². The number of fused-ring (bicyclic) bond motifs is 1. The molecule has 1 aliphatic heterocycles. The summed E-state index contributed by atoms with van der Waals surface area (Å²) in [6.07, 6.45) is 2.38. The summed E-state index contributed by atoms with van der Waals surface area (Å²) in [5.41, 5.74) is 1.30. The second-order valence-corrected chi connectivity index (χ2v) is 6.30. The van der Waals surface area contributed by atoms with Gasteiger partial charge in [-0.05, 0) is 32.0 Å². The lowest BCUT2D eigenvalue weighted by atomic mass is 9.94. The van der Waals surface area contributed by atoms with E-state index in [9.17, 15) is 0 Å². The molecule has 1 aliphatic rings. The molecule has 118 valence electrons. The van der Waals surface area contributed by atoms with Crippen LogP contribution in [-0.4, -0.2) is 37.7 Å². The van der Waals surface area contributed by atoms with Crippen molar-refractivity contribution in [2.75, 3.05) is 26.7 Å². The zero-order valence-corrected chi connectivity index (χ0v) is 13.9. The quantitative estimate of drug-likeness (QED) is 0.832. The molecule has 1 heterocycles. The second kappa shape index (κ2) is 7.81. The highest BCUT2D eigenvalue weighted by atomic mass is 16.5. The van der Waals surface area contributed by atoms with E-state index in [-0.39, 0.29) is 0 Å². The molecule has 0 fully saturated rings. The van der Waals surface area contributed by atoms with Gasteiger partial charge in [-0.1, -0.05) is 45.4 Å². The Morgan fingerprint density at radius 1 is 1.33 bits per heavy atom. The summed E-state index contributed by atoms with van der Waals surface area (Å²) in [6.45, 7) is 9.74. The monoisotopic (exact) mass is 290 g/mol. The molecule has 1 aromatic rings. The average molecular weight is 290 g/mol. The van der Waals surface area contributed by atoms with Crippen LogP contribution in [0.3, 0.4) is 0 Å². The zero-order chi connectivity index (χ0) is 15.2. The van der Waals surface area contributed by atoms with E-state index >= 15 is 0 Å². The molecule has 3 unspecified atom stereocenters. The summed E-state index contributed by atoms with van der Waals surface area (Å²) in [7, 11) is 2.23. The van der Waals surface area contributed by atoms with Crippen molar-refractivity contribution < 1.29 is 4.74 Å². The molecule has 0 radical (unpaired) electrons. The van der Waals surface area contributed by atoms with E-state index in [4.69, 9.17) is 4.74 Å². The van der Waals surface area contributed by atoms with Crippen LogP contribution < -0.4 is 10.1 Å². The van der Waals surface area contributed by atoms with Gasteiger partial charge in [-0.2, -0.15) is 0 Å². The van der Waals surface area contributed by atoms with E-state index in [1.54, 1.807) is 0 Å². The Morgan fingerprint density at radius 2 is 2.10 bits per heavy atom. The Bertz CT molecular complexity index is 435. The number of hydrogen-bond donors (Lipinski definition) is 1. The summed E-state index contributed by atoms with van der Waals surface area (Å²) >= 11 is 0. The molecular formula is C18H30N2O.